The Kier molecular flexibility index (Phi) is 4.20. The van der Waals surface area contributed by atoms with Gasteiger partial charge in [-0.1, -0.05) is 12.1 Å². The normalized spacial score (nSPS) is 12.1. The van der Waals surface area contributed by atoms with Crippen molar-refractivity contribution in [3.63, 3.8) is 0 Å². The largest absolute Gasteiger partial charge is 0.467 e. The highest BCUT2D eigenvalue weighted by Gasteiger charge is 2.17. The van der Waals surface area contributed by atoms with Crippen LogP contribution < -0.4 is 5.32 Å². The molecule has 3 rings (SSSR count). The number of aliphatic hydroxyl groups is 1. The van der Waals surface area contributed by atoms with Crippen molar-refractivity contribution in [2.75, 3.05) is 6.61 Å². The van der Waals surface area contributed by atoms with E-state index >= 15 is 0 Å². The Bertz CT molecular complexity index is 778. The van der Waals surface area contributed by atoms with Gasteiger partial charge in [0, 0.05) is 11.1 Å². The van der Waals surface area contributed by atoms with E-state index in [-0.39, 0.29) is 12.5 Å². The Morgan fingerprint density at radius 2 is 2.13 bits per heavy atom. The topological polar surface area (TPSA) is 104 Å². The van der Waals surface area contributed by atoms with Gasteiger partial charge in [-0.05, 0) is 31.2 Å². The first-order valence-corrected chi connectivity index (χ1v) is 7.12. The number of aromatic amines is 1. The molecule has 1 unspecified atom stereocenters. The van der Waals surface area contributed by atoms with Crippen molar-refractivity contribution in [2.24, 2.45) is 0 Å². The molecule has 0 radical (unpaired) electrons. The lowest BCUT2D eigenvalue weighted by Gasteiger charge is -2.14. The van der Waals surface area contributed by atoms with Crippen molar-refractivity contribution in [2.45, 2.75) is 13.0 Å². The summed E-state index contributed by atoms with van der Waals surface area (Å²) in [4.78, 5) is 16.5. The van der Waals surface area contributed by atoms with Crippen LogP contribution in [0.4, 0.5) is 0 Å². The third-order valence-electron chi connectivity index (χ3n) is 3.38. The molecule has 1 atom stereocenters. The zero-order chi connectivity index (χ0) is 16.2. The minimum absolute atomic E-state index is 0.242. The number of hydrogen-bond acceptors (Lipinski definition) is 5. The van der Waals surface area contributed by atoms with E-state index in [1.54, 1.807) is 36.4 Å². The third kappa shape index (κ3) is 3.29. The number of H-pyrrole nitrogens is 1. The van der Waals surface area contributed by atoms with Crippen LogP contribution in [-0.4, -0.2) is 32.8 Å². The second kappa shape index (κ2) is 6.45. The van der Waals surface area contributed by atoms with Gasteiger partial charge < -0.3 is 14.8 Å². The van der Waals surface area contributed by atoms with Crippen molar-refractivity contribution in [1.29, 1.82) is 0 Å². The molecule has 0 saturated carbocycles. The molecule has 7 heteroatoms. The fraction of sp³-hybridized carbons (Fsp3) is 0.188. The highest BCUT2D eigenvalue weighted by Crippen LogP contribution is 2.17. The van der Waals surface area contributed by atoms with Crippen LogP contribution in [0.3, 0.4) is 0 Å². The maximum atomic E-state index is 12.3. The van der Waals surface area contributed by atoms with Crippen molar-refractivity contribution in [3.8, 4) is 11.4 Å². The smallest absolute Gasteiger partial charge is 0.251 e. The van der Waals surface area contributed by atoms with Crippen LogP contribution in [0, 0.1) is 6.92 Å². The first kappa shape index (κ1) is 15.0. The number of aromatic nitrogens is 3. The van der Waals surface area contributed by atoms with E-state index in [2.05, 4.69) is 20.5 Å². The number of nitrogens with zero attached hydrogens (tertiary/aromatic N) is 2. The zero-order valence-corrected chi connectivity index (χ0v) is 12.5. The molecule has 1 amide bonds. The van der Waals surface area contributed by atoms with Gasteiger partial charge in [0.1, 0.15) is 17.6 Å². The molecule has 7 nitrogen and oxygen atoms in total. The van der Waals surface area contributed by atoms with Crippen LogP contribution in [0.15, 0.2) is 47.1 Å². The van der Waals surface area contributed by atoms with Gasteiger partial charge >= 0.3 is 0 Å². The molecule has 0 aliphatic heterocycles. The predicted octanol–water partition coefficient (Wildman–Crippen LogP) is 1.84. The third-order valence-corrected chi connectivity index (χ3v) is 3.38. The summed E-state index contributed by atoms with van der Waals surface area (Å²) in [5.74, 6) is 1.52. The maximum Gasteiger partial charge on any atom is 0.251 e. The van der Waals surface area contributed by atoms with Crippen LogP contribution in [0.2, 0.25) is 0 Å². The molecular formula is C16H16N4O3. The summed E-state index contributed by atoms with van der Waals surface area (Å²) in [6, 6.07) is 9.76. The molecule has 0 saturated heterocycles. The summed E-state index contributed by atoms with van der Waals surface area (Å²) in [5, 5.41) is 19.0. The number of carbonyl (C=O) groups is 1. The van der Waals surface area contributed by atoms with E-state index in [1.165, 1.54) is 6.26 Å². The highest BCUT2D eigenvalue weighted by molar-refractivity contribution is 5.94. The molecule has 0 aliphatic carbocycles. The Hall–Kier alpha value is -2.93. The first-order chi connectivity index (χ1) is 11.2. The Morgan fingerprint density at radius 3 is 2.70 bits per heavy atom. The number of nitrogens with one attached hydrogen (secondary N) is 2. The minimum Gasteiger partial charge on any atom is -0.467 e. The lowest BCUT2D eigenvalue weighted by molar-refractivity contribution is 0.0907. The van der Waals surface area contributed by atoms with Crippen molar-refractivity contribution < 1.29 is 14.3 Å². The van der Waals surface area contributed by atoms with E-state index < -0.39 is 6.04 Å². The minimum atomic E-state index is -0.576. The van der Waals surface area contributed by atoms with Gasteiger partial charge in [0.15, 0.2) is 5.82 Å². The number of aliphatic hydroxyl groups excluding tert-OH is 1. The van der Waals surface area contributed by atoms with Gasteiger partial charge in [-0.2, -0.15) is 5.10 Å². The van der Waals surface area contributed by atoms with Gasteiger partial charge in [-0.3, -0.25) is 9.89 Å². The lowest BCUT2D eigenvalue weighted by atomic mass is 10.1. The van der Waals surface area contributed by atoms with Crippen molar-refractivity contribution in [3.05, 3.63) is 59.8 Å². The summed E-state index contributed by atoms with van der Waals surface area (Å²) in [6.45, 7) is 1.58. The molecule has 118 valence electrons. The monoisotopic (exact) mass is 312 g/mol. The summed E-state index contributed by atoms with van der Waals surface area (Å²) < 4.78 is 5.21. The van der Waals surface area contributed by atoms with E-state index in [0.717, 1.165) is 11.4 Å². The number of amides is 1. The van der Waals surface area contributed by atoms with Gasteiger partial charge in [0.25, 0.3) is 5.91 Å². The molecule has 0 aliphatic rings. The Morgan fingerprint density at radius 1 is 1.35 bits per heavy atom. The Labute approximate surface area is 132 Å². The second-order valence-electron chi connectivity index (χ2n) is 5.05. The Balaban J connectivity index is 1.72. The SMILES string of the molecule is Cc1nc(-c2ccc(C(=O)NC(CO)c3ccco3)cc2)n[nH]1. The predicted molar refractivity (Wildman–Crippen MR) is 82.6 cm³/mol. The highest BCUT2D eigenvalue weighted by atomic mass is 16.3. The lowest BCUT2D eigenvalue weighted by Crippen LogP contribution is -2.30. The summed E-state index contributed by atoms with van der Waals surface area (Å²) in [5.41, 5.74) is 1.29. The van der Waals surface area contributed by atoms with Crippen LogP contribution in [-0.2, 0) is 0 Å². The molecule has 0 bridgehead atoms. The molecule has 0 fully saturated rings. The summed E-state index contributed by atoms with van der Waals surface area (Å²) >= 11 is 0. The maximum absolute atomic E-state index is 12.3. The number of carbonyl (C=O) groups excluding carboxylic acids is 1. The standard InChI is InChI=1S/C16H16N4O3/c1-10-17-15(20-19-10)11-4-6-12(7-5-11)16(22)18-13(9-21)14-3-2-8-23-14/h2-8,13,21H,9H2,1H3,(H,18,22)(H,17,19,20). The first-order valence-electron chi connectivity index (χ1n) is 7.12. The molecule has 3 aromatic rings. The molecule has 2 heterocycles. The molecule has 0 spiro atoms. The van der Waals surface area contributed by atoms with Crippen molar-refractivity contribution >= 4 is 5.91 Å². The number of benzene rings is 1. The van der Waals surface area contributed by atoms with Gasteiger partial charge in [0.2, 0.25) is 0 Å². The molecule has 2 aromatic heterocycles. The van der Waals surface area contributed by atoms with Gasteiger partial charge in [-0.25, -0.2) is 4.98 Å². The van der Waals surface area contributed by atoms with Crippen molar-refractivity contribution in [1.82, 2.24) is 20.5 Å². The summed E-state index contributed by atoms with van der Waals surface area (Å²) in [6.07, 6.45) is 1.50. The van der Waals surface area contributed by atoms with Crippen LogP contribution >= 0.6 is 0 Å². The van der Waals surface area contributed by atoms with Gasteiger partial charge in [0.05, 0.1) is 12.9 Å². The number of furan rings is 1. The van der Waals surface area contributed by atoms with Crippen LogP contribution in [0.25, 0.3) is 11.4 Å². The van der Waals surface area contributed by atoms with Crippen LogP contribution in [0.1, 0.15) is 28.0 Å². The number of rotatable bonds is 5. The van der Waals surface area contributed by atoms with E-state index in [4.69, 9.17) is 4.42 Å². The fourth-order valence-electron chi connectivity index (χ4n) is 2.18. The van der Waals surface area contributed by atoms with Crippen LogP contribution in [0.5, 0.6) is 0 Å². The molecule has 3 N–H and O–H groups in total. The fourth-order valence-corrected chi connectivity index (χ4v) is 2.18. The second-order valence-corrected chi connectivity index (χ2v) is 5.05. The molecule has 1 aromatic carbocycles. The quantitative estimate of drug-likeness (QED) is 0.667. The zero-order valence-electron chi connectivity index (χ0n) is 12.5. The average molecular weight is 312 g/mol. The van der Waals surface area contributed by atoms with E-state index in [0.29, 0.717) is 17.1 Å². The number of hydrogen-bond donors (Lipinski definition) is 3. The number of aryl methyl sites for hydroxylation is 1. The molecular weight excluding hydrogens is 296 g/mol. The molecule has 23 heavy (non-hydrogen) atoms. The van der Waals surface area contributed by atoms with E-state index in [9.17, 15) is 9.90 Å². The average Bonchev–Trinajstić information content (AvgIpc) is 3.24. The van der Waals surface area contributed by atoms with Gasteiger partial charge in [-0.15, -0.1) is 0 Å². The summed E-state index contributed by atoms with van der Waals surface area (Å²) in [7, 11) is 0. The van der Waals surface area contributed by atoms with E-state index in [1.807, 2.05) is 6.92 Å².